The molecular formula is C10H14N6O2. The maximum atomic E-state index is 10.6. The van der Waals surface area contributed by atoms with E-state index in [1.807, 2.05) is 13.2 Å². The number of carboxylic acid groups (broad SMARTS) is 1. The molecule has 2 heterocycles. The molecule has 0 fully saturated rings. The van der Waals surface area contributed by atoms with Crippen LogP contribution in [0.5, 0.6) is 0 Å². The van der Waals surface area contributed by atoms with E-state index < -0.39 is 5.97 Å². The van der Waals surface area contributed by atoms with E-state index in [0.29, 0.717) is 19.6 Å². The van der Waals surface area contributed by atoms with Gasteiger partial charge in [-0.3, -0.25) is 9.36 Å². The summed E-state index contributed by atoms with van der Waals surface area (Å²) in [7, 11) is 1.87. The minimum atomic E-state index is -1.07. The van der Waals surface area contributed by atoms with Gasteiger partial charge in [0.1, 0.15) is 0 Å². The molecule has 0 unspecified atom stereocenters. The largest absolute Gasteiger partial charge is 0.476 e. The minimum Gasteiger partial charge on any atom is -0.476 e. The smallest absolute Gasteiger partial charge is 0.358 e. The van der Waals surface area contributed by atoms with Gasteiger partial charge < -0.3 is 10.4 Å². The molecule has 0 spiro atoms. The van der Waals surface area contributed by atoms with Crippen LogP contribution < -0.4 is 5.32 Å². The number of nitrogens with one attached hydrogen (secondary N) is 1. The molecule has 0 amide bonds. The fourth-order valence-corrected chi connectivity index (χ4v) is 1.50. The number of aryl methyl sites for hydroxylation is 1. The fraction of sp³-hybridized carbons (Fsp3) is 0.400. The molecule has 96 valence electrons. The lowest BCUT2D eigenvalue weighted by molar-refractivity contribution is 0.0690. The van der Waals surface area contributed by atoms with Crippen molar-refractivity contribution in [3.05, 3.63) is 29.8 Å². The second kappa shape index (κ2) is 5.41. The lowest BCUT2D eigenvalue weighted by Crippen LogP contribution is -2.19. The van der Waals surface area contributed by atoms with Gasteiger partial charge in [-0.2, -0.15) is 5.10 Å². The maximum absolute atomic E-state index is 10.6. The molecule has 0 saturated carbocycles. The zero-order valence-electron chi connectivity index (χ0n) is 9.94. The third kappa shape index (κ3) is 3.14. The highest BCUT2D eigenvalue weighted by Gasteiger charge is 2.07. The van der Waals surface area contributed by atoms with Crippen LogP contribution in [-0.4, -0.2) is 42.4 Å². The van der Waals surface area contributed by atoms with Gasteiger partial charge in [-0.1, -0.05) is 5.21 Å². The first-order valence-corrected chi connectivity index (χ1v) is 5.47. The van der Waals surface area contributed by atoms with Gasteiger partial charge in [0.2, 0.25) is 0 Å². The molecule has 0 aromatic carbocycles. The van der Waals surface area contributed by atoms with Crippen molar-refractivity contribution < 1.29 is 9.90 Å². The molecule has 18 heavy (non-hydrogen) atoms. The van der Waals surface area contributed by atoms with Gasteiger partial charge in [0.15, 0.2) is 5.69 Å². The lowest BCUT2D eigenvalue weighted by Gasteiger charge is -2.02. The summed E-state index contributed by atoms with van der Waals surface area (Å²) >= 11 is 0. The van der Waals surface area contributed by atoms with E-state index in [9.17, 15) is 4.79 Å². The van der Waals surface area contributed by atoms with Crippen LogP contribution in [-0.2, 0) is 20.1 Å². The van der Waals surface area contributed by atoms with Crippen LogP contribution in [0.4, 0.5) is 0 Å². The summed E-state index contributed by atoms with van der Waals surface area (Å²) in [6.45, 7) is 1.96. The molecule has 8 nitrogen and oxygen atoms in total. The summed E-state index contributed by atoms with van der Waals surface area (Å²) < 4.78 is 3.24. The van der Waals surface area contributed by atoms with E-state index in [1.54, 1.807) is 10.9 Å². The Morgan fingerprint density at radius 1 is 1.50 bits per heavy atom. The van der Waals surface area contributed by atoms with E-state index >= 15 is 0 Å². The van der Waals surface area contributed by atoms with Gasteiger partial charge in [0.25, 0.3) is 0 Å². The summed E-state index contributed by atoms with van der Waals surface area (Å²) in [6.07, 6.45) is 5.14. The fourth-order valence-electron chi connectivity index (χ4n) is 1.50. The Morgan fingerprint density at radius 2 is 2.33 bits per heavy atom. The summed E-state index contributed by atoms with van der Waals surface area (Å²) in [6, 6.07) is 0. The normalized spacial score (nSPS) is 10.7. The number of carbonyl (C=O) groups is 1. The Labute approximate surface area is 103 Å². The highest BCUT2D eigenvalue weighted by atomic mass is 16.4. The van der Waals surface area contributed by atoms with Crippen LogP contribution >= 0.6 is 0 Å². The van der Waals surface area contributed by atoms with Crippen LogP contribution in [0.25, 0.3) is 0 Å². The van der Waals surface area contributed by atoms with Crippen molar-refractivity contribution in [2.45, 2.75) is 13.1 Å². The van der Waals surface area contributed by atoms with Crippen LogP contribution in [0, 0.1) is 0 Å². The molecule has 0 aliphatic heterocycles. The predicted octanol–water partition coefficient (Wildman–Crippen LogP) is -0.500. The van der Waals surface area contributed by atoms with E-state index in [-0.39, 0.29) is 5.69 Å². The van der Waals surface area contributed by atoms with E-state index in [1.165, 1.54) is 10.9 Å². The molecule has 2 aromatic rings. The van der Waals surface area contributed by atoms with E-state index in [2.05, 4.69) is 20.7 Å². The number of carboxylic acids is 1. The Morgan fingerprint density at radius 3 is 2.94 bits per heavy atom. The topological polar surface area (TPSA) is 97.9 Å². The lowest BCUT2D eigenvalue weighted by atomic mass is 10.3. The third-order valence-corrected chi connectivity index (χ3v) is 2.36. The van der Waals surface area contributed by atoms with Crippen LogP contribution in [0.3, 0.4) is 0 Å². The standard InChI is InChI=1S/C10H14N6O2/c1-15-6-8(5-12-15)4-11-2-3-16-7-9(10(17)18)13-14-16/h5-7,11H,2-4H2,1H3,(H,17,18). The Balaban J connectivity index is 1.73. The second-order valence-electron chi connectivity index (χ2n) is 3.87. The van der Waals surface area contributed by atoms with Gasteiger partial charge in [-0.25, -0.2) is 4.79 Å². The van der Waals surface area contributed by atoms with E-state index in [4.69, 9.17) is 5.11 Å². The Kier molecular flexibility index (Phi) is 3.68. The summed E-state index contributed by atoms with van der Waals surface area (Å²) in [5.41, 5.74) is 1.06. The Hall–Kier alpha value is -2.22. The molecule has 8 heteroatoms. The first-order valence-electron chi connectivity index (χ1n) is 5.47. The maximum Gasteiger partial charge on any atom is 0.358 e. The van der Waals surface area contributed by atoms with Crippen LogP contribution in [0.15, 0.2) is 18.6 Å². The van der Waals surface area contributed by atoms with Crippen LogP contribution in [0.1, 0.15) is 16.1 Å². The van der Waals surface area contributed by atoms with Crippen molar-refractivity contribution in [3.63, 3.8) is 0 Å². The highest BCUT2D eigenvalue weighted by molar-refractivity contribution is 5.84. The molecule has 0 atom stereocenters. The van der Waals surface area contributed by atoms with Gasteiger partial charge in [-0.15, -0.1) is 5.10 Å². The van der Waals surface area contributed by atoms with Crippen molar-refractivity contribution >= 4 is 5.97 Å². The summed E-state index contributed by atoms with van der Waals surface area (Å²) in [5.74, 6) is -1.07. The number of hydrogen-bond acceptors (Lipinski definition) is 5. The predicted molar refractivity (Wildman–Crippen MR) is 61.9 cm³/mol. The van der Waals surface area contributed by atoms with Crippen molar-refractivity contribution in [1.29, 1.82) is 0 Å². The SMILES string of the molecule is Cn1cc(CNCCn2cc(C(=O)O)nn2)cn1. The number of nitrogens with zero attached hydrogens (tertiary/aromatic N) is 5. The molecule has 2 N–H and O–H groups in total. The monoisotopic (exact) mass is 250 g/mol. The van der Waals surface area contributed by atoms with Gasteiger partial charge in [0, 0.05) is 31.9 Å². The molecule has 0 bridgehead atoms. The molecule has 0 aliphatic carbocycles. The first kappa shape index (κ1) is 12.2. The number of aromatic carboxylic acids is 1. The highest BCUT2D eigenvalue weighted by Crippen LogP contribution is 1.95. The average molecular weight is 250 g/mol. The van der Waals surface area contributed by atoms with Crippen LogP contribution in [0.2, 0.25) is 0 Å². The van der Waals surface area contributed by atoms with Crippen molar-refractivity contribution in [2.75, 3.05) is 6.54 Å². The summed E-state index contributed by atoms with van der Waals surface area (Å²) in [4.78, 5) is 10.6. The molecular weight excluding hydrogens is 236 g/mol. The summed E-state index contributed by atoms with van der Waals surface area (Å²) in [5, 5.41) is 23.2. The molecule has 0 aliphatic rings. The second-order valence-corrected chi connectivity index (χ2v) is 3.87. The minimum absolute atomic E-state index is 0.0396. The molecule has 2 aromatic heterocycles. The molecule has 2 rings (SSSR count). The van der Waals surface area contributed by atoms with Crippen molar-refractivity contribution in [2.24, 2.45) is 7.05 Å². The van der Waals surface area contributed by atoms with E-state index in [0.717, 1.165) is 5.56 Å². The average Bonchev–Trinajstić information content (AvgIpc) is 2.93. The van der Waals surface area contributed by atoms with Crippen molar-refractivity contribution in [3.8, 4) is 0 Å². The molecule has 0 saturated heterocycles. The first-order chi connectivity index (χ1) is 8.65. The number of aromatic nitrogens is 5. The Bertz CT molecular complexity index is 532. The zero-order chi connectivity index (χ0) is 13.0. The number of hydrogen-bond donors (Lipinski definition) is 2. The molecule has 0 radical (unpaired) electrons. The quantitative estimate of drug-likeness (QED) is 0.671. The van der Waals surface area contributed by atoms with Gasteiger partial charge >= 0.3 is 5.97 Å². The van der Waals surface area contributed by atoms with Crippen molar-refractivity contribution in [1.82, 2.24) is 30.1 Å². The third-order valence-electron chi connectivity index (χ3n) is 2.36. The number of rotatable bonds is 6. The van der Waals surface area contributed by atoms with Gasteiger partial charge in [0.05, 0.1) is 18.9 Å². The zero-order valence-corrected chi connectivity index (χ0v) is 9.94. The van der Waals surface area contributed by atoms with Gasteiger partial charge in [-0.05, 0) is 0 Å².